The summed E-state index contributed by atoms with van der Waals surface area (Å²) in [4.78, 5) is 37.6. The van der Waals surface area contributed by atoms with Crippen LogP contribution < -0.4 is 5.32 Å². The second-order valence-electron chi connectivity index (χ2n) is 6.63. The minimum atomic E-state index is -0.689. The van der Waals surface area contributed by atoms with E-state index in [0.717, 1.165) is 17.7 Å². The molecule has 0 aliphatic heterocycles. The predicted octanol–water partition coefficient (Wildman–Crippen LogP) is 4.19. The number of hydrogen-bond acceptors (Lipinski definition) is 6. The number of ketones is 1. The molecule has 2 aromatic rings. The van der Waals surface area contributed by atoms with Crippen LogP contribution in [0.15, 0.2) is 27.5 Å². The lowest BCUT2D eigenvalue weighted by atomic mass is 10.1. The minimum Gasteiger partial charge on any atom is -0.462 e. The van der Waals surface area contributed by atoms with Crippen LogP contribution >= 0.6 is 11.8 Å². The molecule has 0 unspecified atom stereocenters. The lowest BCUT2D eigenvalue weighted by molar-refractivity contribution is -0.113. The van der Waals surface area contributed by atoms with Crippen LogP contribution in [0.3, 0.4) is 0 Å². The number of Topliss-reactive ketones (excluding diaryl/α,β-unsaturated/α-hetero) is 1. The third kappa shape index (κ3) is 4.30. The number of carbonyl (C=O) groups is 3. The molecule has 1 aromatic carbocycles. The number of anilines is 1. The van der Waals surface area contributed by atoms with Crippen molar-refractivity contribution in [2.45, 2.75) is 44.9 Å². The zero-order valence-corrected chi connectivity index (χ0v) is 17.0. The van der Waals surface area contributed by atoms with E-state index in [2.05, 4.69) is 17.4 Å². The number of fused-ring (bicyclic) bond motifs is 1. The number of carbonyl (C=O) groups excluding carboxylic acids is 3. The van der Waals surface area contributed by atoms with Crippen molar-refractivity contribution >= 4 is 35.3 Å². The average Bonchev–Trinajstić information content (AvgIpc) is 3.23. The molecular formula is C21H23NO5S. The molecule has 28 heavy (non-hydrogen) atoms. The smallest absolute Gasteiger partial charge is 0.344 e. The minimum absolute atomic E-state index is 0.0252. The summed E-state index contributed by atoms with van der Waals surface area (Å²) in [6.45, 7) is 4.75. The van der Waals surface area contributed by atoms with Crippen LogP contribution in [0.4, 0.5) is 5.88 Å². The van der Waals surface area contributed by atoms with E-state index >= 15 is 0 Å². The van der Waals surface area contributed by atoms with Gasteiger partial charge < -0.3 is 9.15 Å². The van der Waals surface area contributed by atoms with Crippen molar-refractivity contribution in [1.82, 2.24) is 0 Å². The van der Waals surface area contributed by atoms with Gasteiger partial charge in [-0.1, -0.05) is 6.07 Å². The first kappa shape index (κ1) is 20.2. The van der Waals surface area contributed by atoms with Gasteiger partial charge in [0.25, 0.3) is 0 Å². The van der Waals surface area contributed by atoms with Gasteiger partial charge in [0.05, 0.1) is 17.9 Å². The summed E-state index contributed by atoms with van der Waals surface area (Å²) >= 11 is 1.42. The van der Waals surface area contributed by atoms with Gasteiger partial charge in [0.2, 0.25) is 11.8 Å². The molecule has 7 heteroatoms. The van der Waals surface area contributed by atoms with Gasteiger partial charge in [0.1, 0.15) is 11.3 Å². The van der Waals surface area contributed by atoms with Gasteiger partial charge in [-0.3, -0.25) is 14.9 Å². The summed E-state index contributed by atoms with van der Waals surface area (Å²) in [5, 5.41) is 2.61. The van der Waals surface area contributed by atoms with Crippen LogP contribution in [-0.4, -0.2) is 30.0 Å². The lowest BCUT2D eigenvalue weighted by Crippen LogP contribution is -2.17. The number of aryl methyl sites for hydroxylation is 3. The van der Waals surface area contributed by atoms with E-state index < -0.39 is 5.97 Å². The fourth-order valence-electron chi connectivity index (χ4n) is 3.40. The zero-order valence-electron chi connectivity index (χ0n) is 16.2. The van der Waals surface area contributed by atoms with E-state index in [4.69, 9.17) is 9.15 Å². The molecule has 0 radical (unpaired) electrons. The number of furan rings is 1. The third-order valence-electron chi connectivity index (χ3n) is 4.61. The number of thioether (sulfide) groups is 1. The Kier molecular flexibility index (Phi) is 6.24. The molecule has 0 bridgehead atoms. The Bertz CT molecular complexity index is 931. The highest BCUT2D eigenvalue weighted by Gasteiger charge is 2.28. The first-order valence-corrected chi connectivity index (χ1v) is 10.2. The molecule has 0 spiro atoms. The maximum Gasteiger partial charge on any atom is 0.344 e. The van der Waals surface area contributed by atoms with Crippen LogP contribution in [0.2, 0.25) is 0 Å². The van der Waals surface area contributed by atoms with Crippen molar-refractivity contribution < 1.29 is 23.5 Å². The van der Waals surface area contributed by atoms with Gasteiger partial charge in [0.15, 0.2) is 5.78 Å². The standard InChI is InChI=1S/C21H23NO5S/c1-4-26-21(25)19-18(12(2)23)13(3)27-20(19)22-17(24)11-28-16-9-8-14-6-5-7-15(14)10-16/h8-10H,4-7,11H2,1-3H3,(H,22,24). The lowest BCUT2D eigenvalue weighted by Gasteiger charge is -2.07. The molecule has 148 valence electrons. The summed E-state index contributed by atoms with van der Waals surface area (Å²) in [6.07, 6.45) is 3.38. The second kappa shape index (κ2) is 8.65. The Labute approximate surface area is 168 Å². The maximum atomic E-state index is 12.4. The first-order valence-electron chi connectivity index (χ1n) is 9.26. The Morgan fingerprint density at radius 2 is 1.93 bits per heavy atom. The van der Waals surface area contributed by atoms with Gasteiger partial charge in [-0.05, 0) is 63.3 Å². The topological polar surface area (TPSA) is 85.6 Å². The summed E-state index contributed by atoms with van der Waals surface area (Å²) in [6, 6.07) is 6.28. The van der Waals surface area contributed by atoms with Crippen molar-refractivity contribution in [1.29, 1.82) is 0 Å². The van der Waals surface area contributed by atoms with Gasteiger partial charge >= 0.3 is 5.97 Å². The van der Waals surface area contributed by atoms with Gasteiger partial charge in [0, 0.05) is 4.90 Å². The number of ether oxygens (including phenoxy) is 1. The summed E-state index contributed by atoms with van der Waals surface area (Å²) < 4.78 is 10.5. The zero-order chi connectivity index (χ0) is 20.3. The van der Waals surface area contributed by atoms with Crippen LogP contribution in [-0.2, 0) is 22.4 Å². The van der Waals surface area contributed by atoms with E-state index in [1.54, 1.807) is 13.8 Å². The van der Waals surface area contributed by atoms with Crippen molar-refractivity contribution in [3.05, 3.63) is 46.2 Å². The Hall–Kier alpha value is -2.54. The van der Waals surface area contributed by atoms with E-state index in [-0.39, 0.29) is 46.8 Å². The Balaban J connectivity index is 1.72. The van der Waals surface area contributed by atoms with E-state index in [9.17, 15) is 14.4 Å². The molecule has 1 aliphatic rings. The highest BCUT2D eigenvalue weighted by Crippen LogP contribution is 2.30. The third-order valence-corrected chi connectivity index (χ3v) is 5.60. The first-order chi connectivity index (χ1) is 13.4. The number of benzene rings is 1. The molecule has 0 atom stereocenters. The fourth-order valence-corrected chi connectivity index (χ4v) is 4.16. The van der Waals surface area contributed by atoms with Crippen LogP contribution in [0, 0.1) is 6.92 Å². The summed E-state index contributed by atoms with van der Waals surface area (Å²) in [5.41, 5.74) is 2.85. The van der Waals surface area contributed by atoms with Crippen molar-refractivity contribution in [2.75, 3.05) is 17.7 Å². The van der Waals surface area contributed by atoms with Gasteiger partial charge in [-0.25, -0.2) is 4.79 Å². The van der Waals surface area contributed by atoms with E-state index in [1.165, 1.54) is 36.2 Å². The second-order valence-corrected chi connectivity index (χ2v) is 7.68. The molecule has 1 heterocycles. The maximum absolute atomic E-state index is 12.4. The van der Waals surface area contributed by atoms with Crippen LogP contribution in [0.1, 0.15) is 57.9 Å². The van der Waals surface area contributed by atoms with E-state index in [0.29, 0.717) is 0 Å². The number of nitrogens with one attached hydrogen (secondary N) is 1. The number of esters is 1. The monoisotopic (exact) mass is 401 g/mol. The molecule has 1 N–H and O–H groups in total. The SMILES string of the molecule is CCOC(=O)c1c(NC(=O)CSc2ccc3c(c2)CCC3)oc(C)c1C(C)=O. The van der Waals surface area contributed by atoms with Crippen LogP contribution in [0.25, 0.3) is 0 Å². The number of rotatable bonds is 7. The summed E-state index contributed by atoms with van der Waals surface area (Å²) in [7, 11) is 0. The fraction of sp³-hybridized carbons (Fsp3) is 0.381. The molecule has 0 saturated carbocycles. The van der Waals surface area contributed by atoms with Crippen molar-refractivity contribution in [2.24, 2.45) is 0 Å². The Morgan fingerprint density at radius 3 is 2.64 bits per heavy atom. The van der Waals surface area contributed by atoms with Gasteiger partial charge in [-0.15, -0.1) is 11.8 Å². The Morgan fingerprint density at radius 1 is 1.18 bits per heavy atom. The molecule has 0 saturated heterocycles. The van der Waals surface area contributed by atoms with Crippen molar-refractivity contribution in [3.63, 3.8) is 0 Å². The van der Waals surface area contributed by atoms with E-state index in [1.807, 2.05) is 6.07 Å². The molecule has 6 nitrogen and oxygen atoms in total. The highest BCUT2D eigenvalue weighted by atomic mass is 32.2. The van der Waals surface area contributed by atoms with Crippen LogP contribution in [0.5, 0.6) is 0 Å². The molecule has 1 aliphatic carbocycles. The normalized spacial score (nSPS) is 12.5. The molecule has 1 aromatic heterocycles. The number of amides is 1. The largest absolute Gasteiger partial charge is 0.462 e. The predicted molar refractivity (Wildman–Crippen MR) is 107 cm³/mol. The molecule has 1 amide bonds. The van der Waals surface area contributed by atoms with Crippen molar-refractivity contribution in [3.8, 4) is 0 Å². The molecule has 3 rings (SSSR count). The van der Waals surface area contributed by atoms with Gasteiger partial charge in [-0.2, -0.15) is 0 Å². The average molecular weight is 401 g/mol. The highest BCUT2D eigenvalue weighted by molar-refractivity contribution is 8.00. The molecule has 0 fully saturated rings. The quantitative estimate of drug-likeness (QED) is 0.425. The molecular weight excluding hydrogens is 378 g/mol. The number of hydrogen-bond donors (Lipinski definition) is 1. The summed E-state index contributed by atoms with van der Waals surface area (Å²) in [5.74, 6) is -0.933.